The zero-order valence-electron chi connectivity index (χ0n) is 8.80. The smallest absolute Gasteiger partial charge is 0.338 e. The van der Waals surface area contributed by atoms with Gasteiger partial charge in [0.2, 0.25) is 0 Å². The van der Waals surface area contributed by atoms with E-state index in [9.17, 15) is 9.90 Å². The summed E-state index contributed by atoms with van der Waals surface area (Å²) >= 11 is 0. The first-order valence-corrected chi connectivity index (χ1v) is 5.31. The van der Waals surface area contributed by atoms with Crippen molar-refractivity contribution in [1.29, 1.82) is 0 Å². The van der Waals surface area contributed by atoms with E-state index in [0.29, 0.717) is 11.5 Å². The van der Waals surface area contributed by atoms with Crippen LogP contribution in [0.5, 0.6) is 5.75 Å². The van der Waals surface area contributed by atoms with Crippen molar-refractivity contribution in [2.75, 3.05) is 6.61 Å². The fourth-order valence-corrected chi connectivity index (χ4v) is 1.46. The number of phenols is 1. The molecule has 1 saturated carbocycles. The zero-order chi connectivity index (χ0) is 11.5. The van der Waals surface area contributed by atoms with Gasteiger partial charge in [0.15, 0.2) is 0 Å². The van der Waals surface area contributed by atoms with Gasteiger partial charge in [0.1, 0.15) is 12.4 Å². The summed E-state index contributed by atoms with van der Waals surface area (Å²) in [5, 5.41) is 18.6. The second kappa shape index (κ2) is 4.53. The van der Waals surface area contributed by atoms with Crippen LogP contribution in [-0.4, -0.2) is 28.9 Å². The second-order valence-corrected chi connectivity index (χ2v) is 4.05. The molecule has 0 radical (unpaired) electrons. The monoisotopic (exact) mass is 222 g/mol. The number of phenolic OH excluding ortho intramolecular Hbond substituents is 1. The lowest BCUT2D eigenvalue weighted by atomic mass is 10.2. The van der Waals surface area contributed by atoms with Crippen LogP contribution in [0.2, 0.25) is 0 Å². The third-order valence-corrected chi connectivity index (χ3v) is 2.65. The van der Waals surface area contributed by atoms with Crippen molar-refractivity contribution >= 4 is 5.97 Å². The lowest BCUT2D eigenvalue weighted by Crippen LogP contribution is -2.20. The summed E-state index contributed by atoms with van der Waals surface area (Å²) in [5.41, 5.74) is 0.376. The molecule has 1 fully saturated rings. The molecule has 4 nitrogen and oxygen atoms in total. The lowest BCUT2D eigenvalue weighted by Gasteiger charge is -2.09. The van der Waals surface area contributed by atoms with Crippen LogP contribution in [0.3, 0.4) is 0 Å². The van der Waals surface area contributed by atoms with Crippen molar-refractivity contribution in [3.05, 3.63) is 29.8 Å². The number of carbonyl (C=O) groups is 1. The van der Waals surface area contributed by atoms with E-state index < -0.39 is 12.1 Å². The van der Waals surface area contributed by atoms with E-state index >= 15 is 0 Å². The van der Waals surface area contributed by atoms with Gasteiger partial charge < -0.3 is 14.9 Å². The van der Waals surface area contributed by atoms with E-state index in [1.165, 1.54) is 24.3 Å². The highest BCUT2D eigenvalue weighted by Gasteiger charge is 2.30. The first kappa shape index (κ1) is 11.0. The van der Waals surface area contributed by atoms with Crippen LogP contribution in [0.15, 0.2) is 24.3 Å². The second-order valence-electron chi connectivity index (χ2n) is 4.05. The molecule has 4 heteroatoms. The Bertz CT molecular complexity index is 367. The van der Waals surface area contributed by atoms with E-state index in [4.69, 9.17) is 9.84 Å². The third kappa shape index (κ3) is 2.73. The molecule has 0 bridgehead atoms. The van der Waals surface area contributed by atoms with Crippen LogP contribution in [0, 0.1) is 5.92 Å². The molecule has 2 N–H and O–H groups in total. The highest BCUT2D eigenvalue weighted by molar-refractivity contribution is 5.89. The highest BCUT2D eigenvalue weighted by Crippen LogP contribution is 2.32. The van der Waals surface area contributed by atoms with Crippen LogP contribution in [0.25, 0.3) is 0 Å². The van der Waals surface area contributed by atoms with Crippen molar-refractivity contribution in [2.45, 2.75) is 18.9 Å². The summed E-state index contributed by atoms with van der Waals surface area (Å²) in [4.78, 5) is 11.5. The minimum absolute atomic E-state index is 0.0460. The number of hydrogen-bond donors (Lipinski definition) is 2. The van der Waals surface area contributed by atoms with Gasteiger partial charge in [-0.05, 0) is 43.0 Å². The number of rotatable bonds is 4. The molecule has 1 aromatic rings. The van der Waals surface area contributed by atoms with E-state index in [2.05, 4.69) is 0 Å². The fraction of sp³-hybridized carbons (Fsp3) is 0.417. The van der Waals surface area contributed by atoms with Crippen molar-refractivity contribution in [2.24, 2.45) is 5.92 Å². The predicted molar refractivity (Wildman–Crippen MR) is 57.1 cm³/mol. The van der Waals surface area contributed by atoms with E-state index in [0.717, 1.165) is 12.8 Å². The SMILES string of the molecule is O=C(OCC(O)C1CC1)c1ccc(O)cc1. The van der Waals surface area contributed by atoms with Crippen molar-refractivity contribution in [3.8, 4) is 5.75 Å². The van der Waals surface area contributed by atoms with Crippen LogP contribution in [0.4, 0.5) is 0 Å². The average Bonchev–Trinajstić information content (AvgIpc) is 3.10. The number of aliphatic hydroxyl groups excluding tert-OH is 1. The van der Waals surface area contributed by atoms with Crippen LogP contribution in [0.1, 0.15) is 23.2 Å². The van der Waals surface area contributed by atoms with Gasteiger partial charge in [-0.3, -0.25) is 0 Å². The maximum Gasteiger partial charge on any atom is 0.338 e. The Balaban J connectivity index is 1.85. The minimum atomic E-state index is -0.541. The van der Waals surface area contributed by atoms with Crippen LogP contribution < -0.4 is 0 Å². The Morgan fingerprint density at radius 2 is 2.00 bits per heavy atom. The molecule has 1 aliphatic carbocycles. The Morgan fingerprint density at radius 1 is 1.38 bits per heavy atom. The number of benzene rings is 1. The van der Waals surface area contributed by atoms with E-state index in [1.54, 1.807) is 0 Å². The molecular weight excluding hydrogens is 208 g/mol. The zero-order valence-corrected chi connectivity index (χ0v) is 8.80. The molecule has 16 heavy (non-hydrogen) atoms. The standard InChI is InChI=1S/C12H14O4/c13-10-5-3-9(4-6-10)12(15)16-7-11(14)8-1-2-8/h3-6,8,11,13-14H,1-2,7H2. The first-order chi connectivity index (χ1) is 7.66. The minimum Gasteiger partial charge on any atom is -0.508 e. The van der Waals surface area contributed by atoms with Gasteiger partial charge in [0.05, 0.1) is 11.7 Å². The van der Waals surface area contributed by atoms with Gasteiger partial charge in [-0.2, -0.15) is 0 Å². The van der Waals surface area contributed by atoms with Crippen LogP contribution >= 0.6 is 0 Å². The van der Waals surface area contributed by atoms with Gasteiger partial charge in [0.25, 0.3) is 0 Å². The van der Waals surface area contributed by atoms with Crippen molar-refractivity contribution in [1.82, 2.24) is 0 Å². The molecule has 0 aliphatic heterocycles. The summed E-state index contributed by atoms with van der Waals surface area (Å²) in [6, 6.07) is 5.82. The summed E-state index contributed by atoms with van der Waals surface area (Å²) in [5.74, 6) is -0.0677. The molecule has 2 rings (SSSR count). The molecule has 0 amide bonds. The van der Waals surface area contributed by atoms with Gasteiger partial charge >= 0.3 is 5.97 Å². The lowest BCUT2D eigenvalue weighted by molar-refractivity contribution is 0.0204. The van der Waals surface area contributed by atoms with Crippen molar-refractivity contribution in [3.63, 3.8) is 0 Å². The molecule has 1 aliphatic rings. The Kier molecular flexibility index (Phi) is 3.10. The highest BCUT2D eigenvalue weighted by atomic mass is 16.5. The molecule has 86 valence electrons. The molecule has 0 saturated heterocycles. The number of esters is 1. The van der Waals surface area contributed by atoms with Gasteiger partial charge in [-0.1, -0.05) is 0 Å². The molecule has 0 aromatic heterocycles. The third-order valence-electron chi connectivity index (χ3n) is 2.65. The maximum absolute atomic E-state index is 11.5. The topological polar surface area (TPSA) is 66.8 Å². The Morgan fingerprint density at radius 3 is 2.56 bits per heavy atom. The number of ether oxygens (including phenoxy) is 1. The summed E-state index contributed by atoms with van der Waals surface area (Å²) < 4.78 is 4.96. The van der Waals surface area contributed by atoms with E-state index in [-0.39, 0.29) is 12.4 Å². The summed E-state index contributed by atoms with van der Waals surface area (Å²) in [6.45, 7) is 0.0460. The summed E-state index contributed by atoms with van der Waals surface area (Å²) in [6.07, 6.45) is 1.48. The largest absolute Gasteiger partial charge is 0.508 e. The fourth-order valence-electron chi connectivity index (χ4n) is 1.46. The molecular formula is C12H14O4. The number of hydrogen-bond acceptors (Lipinski definition) is 4. The van der Waals surface area contributed by atoms with E-state index in [1.807, 2.05) is 0 Å². The number of aliphatic hydroxyl groups is 1. The molecule has 1 atom stereocenters. The van der Waals surface area contributed by atoms with Crippen molar-refractivity contribution < 1.29 is 19.7 Å². The average molecular weight is 222 g/mol. The van der Waals surface area contributed by atoms with Gasteiger partial charge in [0, 0.05) is 0 Å². The molecule has 1 unspecified atom stereocenters. The normalized spacial score (nSPS) is 16.8. The predicted octanol–water partition coefficient (Wildman–Crippen LogP) is 1.32. The molecule has 0 spiro atoms. The Hall–Kier alpha value is -1.55. The number of carbonyl (C=O) groups excluding carboxylic acids is 1. The van der Waals surface area contributed by atoms with Gasteiger partial charge in [-0.15, -0.1) is 0 Å². The molecule has 1 aromatic carbocycles. The van der Waals surface area contributed by atoms with Gasteiger partial charge in [-0.25, -0.2) is 4.79 Å². The summed E-state index contributed by atoms with van der Waals surface area (Å²) in [7, 11) is 0. The first-order valence-electron chi connectivity index (χ1n) is 5.31. The molecule has 0 heterocycles. The quantitative estimate of drug-likeness (QED) is 0.754. The maximum atomic E-state index is 11.5. The number of aromatic hydroxyl groups is 1. The van der Waals surface area contributed by atoms with Crippen LogP contribution in [-0.2, 0) is 4.74 Å². The Labute approximate surface area is 93.5 Å².